The third-order valence-corrected chi connectivity index (χ3v) is 4.43. The second-order valence-corrected chi connectivity index (χ2v) is 6.31. The average Bonchev–Trinajstić information content (AvgIpc) is 2.97. The molecule has 0 bridgehead atoms. The normalized spacial score (nSPS) is 10.9. The summed E-state index contributed by atoms with van der Waals surface area (Å²) in [7, 11) is 0. The topological polar surface area (TPSA) is 80.9 Å². The van der Waals surface area contributed by atoms with Gasteiger partial charge in [0.25, 0.3) is 0 Å². The summed E-state index contributed by atoms with van der Waals surface area (Å²) in [6.07, 6.45) is 2.53. The zero-order valence-corrected chi connectivity index (χ0v) is 15.4. The summed E-state index contributed by atoms with van der Waals surface area (Å²) in [6, 6.07) is 11.0. The van der Waals surface area contributed by atoms with Crippen LogP contribution in [-0.2, 0) is 17.6 Å². The summed E-state index contributed by atoms with van der Waals surface area (Å²) in [4.78, 5) is 28.4. The Kier molecular flexibility index (Phi) is 5.54. The minimum Gasteiger partial charge on any atom is -0.490 e. The Morgan fingerprint density at radius 3 is 2.59 bits per heavy atom. The van der Waals surface area contributed by atoms with Gasteiger partial charge in [0, 0.05) is 12.6 Å². The van der Waals surface area contributed by atoms with E-state index in [-0.39, 0.29) is 18.6 Å². The molecule has 140 valence electrons. The maximum atomic E-state index is 12.9. The minimum atomic E-state index is -0.880. The molecule has 0 aliphatic heterocycles. The van der Waals surface area contributed by atoms with Crippen LogP contribution in [0.2, 0.25) is 0 Å². The molecule has 1 N–H and O–H groups in total. The van der Waals surface area contributed by atoms with Crippen molar-refractivity contribution in [2.24, 2.45) is 0 Å². The van der Waals surface area contributed by atoms with E-state index in [1.165, 1.54) is 0 Å². The maximum Gasteiger partial charge on any atom is 0.307 e. The van der Waals surface area contributed by atoms with Crippen molar-refractivity contribution in [3.63, 3.8) is 0 Å². The van der Waals surface area contributed by atoms with E-state index in [9.17, 15) is 9.59 Å². The van der Waals surface area contributed by atoms with Gasteiger partial charge >= 0.3 is 5.97 Å². The molecular formula is C21H22N2O4. The number of hydrogen-bond donors (Lipinski definition) is 1. The van der Waals surface area contributed by atoms with E-state index in [2.05, 4.69) is 4.98 Å². The molecule has 0 aliphatic rings. The highest BCUT2D eigenvalue weighted by atomic mass is 16.5. The number of aliphatic carboxylic acids is 1. The molecule has 2 heterocycles. The quantitative estimate of drug-likeness (QED) is 0.617. The third kappa shape index (κ3) is 4.00. The Bertz CT molecular complexity index is 991. The number of imidazole rings is 1. The summed E-state index contributed by atoms with van der Waals surface area (Å²) in [5.41, 5.74) is 3.46. The Morgan fingerprint density at radius 2 is 1.89 bits per heavy atom. The number of benzene rings is 1. The van der Waals surface area contributed by atoms with E-state index in [1.54, 1.807) is 10.5 Å². The first-order valence-electron chi connectivity index (χ1n) is 8.93. The predicted octanol–water partition coefficient (Wildman–Crippen LogP) is 3.48. The van der Waals surface area contributed by atoms with Crippen LogP contribution in [0, 0.1) is 6.92 Å². The molecular weight excluding hydrogens is 344 g/mol. The number of nitrogens with zero attached hydrogens (tertiary/aromatic N) is 2. The van der Waals surface area contributed by atoms with Gasteiger partial charge in [0.05, 0.1) is 18.7 Å². The molecule has 2 aromatic heterocycles. The number of hydrogen-bond acceptors (Lipinski definition) is 4. The van der Waals surface area contributed by atoms with Crippen molar-refractivity contribution in [3.8, 4) is 5.75 Å². The number of carbonyl (C=O) groups is 2. The van der Waals surface area contributed by atoms with Gasteiger partial charge in [-0.05, 0) is 43.5 Å². The Hall–Kier alpha value is -3.15. The van der Waals surface area contributed by atoms with Crippen LogP contribution in [0.3, 0.4) is 0 Å². The molecule has 0 radical (unpaired) electrons. The molecule has 0 amide bonds. The fraction of sp³-hybridized carbons (Fsp3) is 0.286. The Balaban J connectivity index is 1.85. The lowest BCUT2D eigenvalue weighted by atomic mass is 9.98. The van der Waals surface area contributed by atoms with Gasteiger partial charge < -0.3 is 9.84 Å². The van der Waals surface area contributed by atoms with Crippen molar-refractivity contribution >= 4 is 17.4 Å². The monoisotopic (exact) mass is 366 g/mol. The molecule has 6 heteroatoms. The van der Waals surface area contributed by atoms with Gasteiger partial charge in [-0.2, -0.15) is 0 Å². The summed E-state index contributed by atoms with van der Waals surface area (Å²) in [6.45, 7) is 4.24. The standard InChI is InChI=1S/C21H22N2O4/c1-3-27-18-9-6-12-23-20(14(2)22-21(18)23)17(24)11-10-15-7-4-5-8-16(15)13-19(25)26/h4-9,12H,3,10-11,13H2,1-2H3,(H,25,26). The number of Topliss-reactive ketones (excluding diaryl/α,β-unsaturated/α-hetero) is 1. The molecule has 0 fully saturated rings. The van der Waals surface area contributed by atoms with Crippen LogP contribution >= 0.6 is 0 Å². The van der Waals surface area contributed by atoms with Gasteiger partial charge in [0.15, 0.2) is 17.2 Å². The highest BCUT2D eigenvalue weighted by Gasteiger charge is 2.19. The van der Waals surface area contributed by atoms with Gasteiger partial charge in [0.2, 0.25) is 0 Å². The minimum absolute atomic E-state index is 0.0289. The number of ketones is 1. The van der Waals surface area contributed by atoms with Gasteiger partial charge in [-0.1, -0.05) is 24.3 Å². The van der Waals surface area contributed by atoms with E-state index in [0.717, 1.165) is 11.1 Å². The number of aryl methyl sites for hydroxylation is 2. The lowest BCUT2D eigenvalue weighted by molar-refractivity contribution is -0.136. The summed E-state index contributed by atoms with van der Waals surface area (Å²) >= 11 is 0. The first-order chi connectivity index (χ1) is 13.0. The Morgan fingerprint density at radius 1 is 1.15 bits per heavy atom. The first-order valence-corrected chi connectivity index (χ1v) is 8.93. The average molecular weight is 366 g/mol. The van der Waals surface area contributed by atoms with E-state index < -0.39 is 5.97 Å². The van der Waals surface area contributed by atoms with Crippen LogP contribution in [0.25, 0.3) is 5.65 Å². The van der Waals surface area contributed by atoms with E-state index in [1.807, 2.05) is 50.4 Å². The van der Waals surface area contributed by atoms with Crippen molar-refractivity contribution in [1.82, 2.24) is 9.38 Å². The summed E-state index contributed by atoms with van der Waals surface area (Å²) in [5.74, 6) is -0.261. The van der Waals surface area contributed by atoms with Crippen molar-refractivity contribution in [1.29, 1.82) is 0 Å². The number of fused-ring (bicyclic) bond motifs is 1. The van der Waals surface area contributed by atoms with E-state index >= 15 is 0 Å². The van der Waals surface area contributed by atoms with Crippen LogP contribution in [0.4, 0.5) is 0 Å². The SMILES string of the molecule is CCOc1cccn2c(C(=O)CCc3ccccc3CC(=O)O)c(C)nc12. The molecule has 3 aromatic rings. The third-order valence-electron chi connectivity index (χ3n) is 4.43. The van der Waals surface area contributed by atoms with E-state index in [4.69, 9.17) is 9.84 Å². The Labute approximate surface area is 157 Å². The van der Waals surface area contributed by atoms with Crippen LogP contribution in [0.1, 0.15) is 40.7 Å². The maximum absolute atomic E-state index is 12.9. The van der Waals surface area contributed by atoms with Gasteiger partial charge in [0.1, 0.15) is 5.69 Å². The van der Waals surface area contributed by atoms with Crippen molar-refractivity contribution in [3.05, 3.63) is 65.1 Å². The highest BCUT2D eigenvalue weighted by Crippen LogP contribution is 2.23. The predicted molar refractivity (Wildman–Crippen MR) is 102 cm³/mol. The number of carbonyl (C=O) groups excluding carboxylic acids is 1. The van der Waals surface area contributed by atoms with Crippen LogP contribution in [-0.4, -0.2) is 32.9 Å². The fourth-order valence-electron chi connectivity index (χ4n) is 3.26. The molecule has 0 spiro atoms. The largest absolute Gasteiger partial charge is 0.490 e. The van der Waals surface area contributed by atoms with Crippen LogP contribution < -0.4 is 4.74 Å². The number of carboxylic acids is 1. The molecule has 3 rings (SSSR count). The molecule has 1 aromatic carbocycles. The number of pyridine rings is 1. The van der Waals surface area contributed by atoms with Gasteiger partial charge in [-0.3, -0.25) is 14.0 Å². The summed E-state index contributed by atoms with van der Waals surface area (Å²) in [5, 5.41) is 9.05. The van der Waals surface area contributed by atoms with Gasteiger partial charge in [-0.25, -0.2) is 4.98 Å². The summed E-state index contributed by atoms with van der Waals surface area (Å²) < 4.78 is 7.37. The van der Waals surface area contributed by atoms with Crippen LogP contribution in [0.15, 0.2) is 42.6 Å². The lowest BCUT2D eigenvalue weighted by Gasteiger charge is -2.08. The number of aromatic nitrogens is 2. The molecule has 0 aliphatic carbocycles. The zero-order chi connectivity index (χ0) is 19.4. The molecule has 0 saturated heterocycles. The van der Waals surface area contributed by atoms with Crippen molar-refractivity contribution < 1.29 is 19.4 Å². The van der Waals surface area contributed by atoms with E-state index in [0.29, 0.717) is 35.8 Å². The first kappa shape index (κ1) is 18.6. The van der Waals surface area contributed by atoms with Crippen molar-refractivity contribution in [2.45, 2.75) is 33.1 Å². The molecule has 0 unspecified atom stereocenters. The smallest absolute Gasteiger partial charge is 0.307 e. The molecule has 27 heavy (non-hydrogen) atoms. The number of ether oxygens (including phenoxy) is 1. The fourth-order valence-corrected chi connectivity index (χ4v) is 3.26. The highest BCUT2D eigenvalue weighted by molar-refractivity contribution is 5.96. The van der Waals surface area contributed by atoms with Crippen molar-refractivity contribution in [2.75, 3.05) is 6.61 Å². The number of carboxylic acid groups (broad SMARTS) is 1. The zero-order valence-electron chi connectivity index (χ0n) is 15.4. The molecule has 0 atom stereocenters. The van der Waals surface area contributed by atoms with Crippen LogP contribution in [0.5, 0.6) is 5.75 Å². The second-order valence-electron chi connectivity index (χ2n) is 6.31. The second kappa shape index (κ2) is 8.03. The molecule has 0 saturated carbocycles. The molecule has 6 nitrogen and oxygen atoms in total. The number of rotatable bonds is 8. The van der Waals surface area contributed by atoms with Gasteiger partial charge in [-0.15, -0.1) is 0 Å². The lowest BCUT2D eigenvalue weighted by Crippen LogP contribution is -2.09.